The second-order valence-electron chi connectivity index (χ2n) is 6.88. The van der Waals surface area contributed by atoms with Gasteiger partial charge in [-0.25, -0.2) is 5.48 Å². The number of anilines is 1. The van der Waals surface area contributed by atoms with E-state index in [4.69, 9.17) is 5.21 Å². The SMILES string of the molecule is O=C(NO)c1ccc2c(c1)CCN(c1ccc(C3CCNC3)cc1)C2. The summed E-state index contributed by atoms with van der Waals surface area (Å²) < 4.78 is 0. The molecule has 2 aliphatic heterocycles. The van der Waals surface area contributed by atoms with Gasteiger partial charge in [-0.15, -0.1) is 0 Å². The highest BCUT2D eigenvalue weighted by atomic mass is 16.5. The molecule has 1 fully saturated rings. The maximum Gasteiger partial charge on any atom is 0.274 e. The van der Waals surface area contributed by atoms with Crippen LogP contribution >= 0.6 is 0 Å². The zero-order chi connectivity index (χ0) is 17.2. The lowest BCUT2D eigenvalue weighted by molar-refractivity contribution is 0.0706. The van der Waals surface area contributed by atoms with Crippen molar-refractivity contribution in [1.82, 2.24) is 10.8 Å². The van der Waals surface area contributed by atoms with E-state index in [1.165, 1.54) is 28.8 Å². The molecule has 2 aromatic rings. The Hall–Kier alpha value is -2.37. The molecule has 1 atom stereocenters. The summed E-state index contributed by atoms with van der Waals surface area (Å²) in [4.78, 5) is 13.9. The Balaban J connectivity index is 1.49. The first-order chi connectivity index (χ1) is 12.2. The Morgan fingerprint density at radius 3 is 2.72 bits per heavy atom. The molecule has 0 radical (unpaired) electrons. The zero-order valence-electron chi connectivity index (χ0n) is 14.2. The third-order valence-electron chi connectivity index (χ3n) is 5.37. The molecule has 0 saturated carbocycles. The lowest BCUT2D eigenvalue weighted by Crippen LogP contribution is -2.30. The molecule has 130 valence electrons. The van der Waals surface area contributed by atoms with Gasteiger partial charge >= 0.3 is 0 Å². The highest BCUT2D eigenvalue weighted by Crippen LogP contribution is 2.28. The molecule has 5 nitrogen and oxygen atoms in total. The average Bonchev–Trinajstić information content (AvgIpc) is 3.21. The van der Waals surface area contributed by atoms with Gasteiger partial charge in [0.25, 0.3) is 5.91 Å². The van der Waals surface area contributed by atoms with Crippen LogP contribution in [0.2, 0.25) is 0 Å². The molecular weight excluding hydrogens is 314 g/mol. The lowest BCUT2D eigenvalue weighted by Gasteiger charge is -2.31. The summed E-state index contributed by atoms with van der Waals surface area (Å²) in [7, 11) is 0. The van der Waals surface area contributed by atoms with E-state index >= 15 is 0 Å². The third-order valence-corrected chi connectivity index (χ3v) is 5.37. The van der Waals surface area contributed by atoms with Crippen LogP contribution in [0.1, 0.15) is 39.4 Å². The fraction of sp³-hybridized carbons (Fsp3) is 0.350. The first kappa shape index (κ1) is 16.1. The topological polar surface area (TPSA) is 64.6 Å². The normalized spacial score (nSPS) is 19.6. The molecule has 4 rings (SSSR count). The Labute approximate surface area is 147 Å². The van der Waals surface area contributed by atoms with Crippen LogP contribution in [0.5, 0.6) is 0 Å². The summed E-state index contributed by atoms with van der Waals surface area (Å²) in [6.45, 7) is 3.98. The highest BCUT2D eigenvalue weighted by Gasteiger charge is 2.20. The summed E-state index contributed by atoms with van der Waals surface area (Å²) >= 11 is 0. The van der Waals surface area contributed by atoms with E-state index in [9.17, 15) is 4.79 Å². The molecule has 25 heavy (non-hydrogen) atoms. The molecule has 1 saturated heterocycles. The van der Waals surface area contributed by atoms with Gasteiger partial charge < -0.3 is 10.2 Å². The van der Waals surface area contributed by atoms with Crippen molar-refractivity contribution in [3.05, 3.63) is 64.7 Å². The van der Waals surface area contributed by atoms with E-state index < -0.39 is 5.91 Å². The van der Waals surface area contributed by atoms with Crippen LogP contribution in [0.15, 0.2) is 42.5 Å². The number of carbonyl (C=O) groups is 1. The van der Waals surface area contributed by atoms with Gasteiger partial charge in [0, 0.05) is 30.9 Å². The summed E-state index contributed by atoms with van der Waals surface area (Å²) in [6, 6.07) is 14.6. The van der Waals surface area contributed by atoms with Crippen molar-refractivity contribution in [2.75, 3.05) is 24.5 Å². The molecule has 0 aromatic heterocycles. The van der Waals surface area contributed by atoms with Crippen LogP contribution in [-0.4, -0.2) is 30.7 Å². The largest absolute Gasteiger partial charge is 0.367 e. The van der Waals surface area contributed by atoms with Gasteiger partial charge in [-0.1, -0.05) is 18.2 Å². The molecule has 0 spiro atoms. The average molecular weight is 337 g/mol. The van der Waals surface area contributed by atoms with Gasteiger partial charge in [-0.3, -0.25) is 10.0 Å². The fourth-order valence-electron chi connectivity index (χ4n) is 3.88. The van der Waals surface area contributed by atoms with Crippen LogP contribution < -0.4 is 15.7 Å². The molecule has 1 amide bonds. The minimum Gasteiger partial charge on any atom is -0.367 e. The molecule has 0 bridgehead atoms. The van der Waals surface area contributed by atoms with E-state index in [0.717, 1.165) is 32.6 Å². The molecule has 2 heterocycles. The van der Waals surface area contributed by atoms with E-state index in [1.807, 2.05) is 12.1 Å². The molecule has 2 aliphatic rings. The number of carbonyl (C=O) groups excluding carboxylic acids is 1. The Morgan fingerprint density at radius 2 is 2.00 bits per heavy atom. The quantitative estimate of drug-likeness (QED) is 0.595. The number of nitrogens with one attached hydrogen (secondary N) is 2. The van der Waals surface area contributed by atoms with Crippen molar-refractivity contribution in [3.63, 3.8) is 0 Å². The predicted molar refractivity (Wildman–Crippen MR) is 97.1 cm³/mol. The Morgan fingerprint density at radius 1 is 1.16 bits per heavy atom. The van der Waals surface area contributed by atoms with Crippen molar-refractivity contribution in [2.24, 2.45) is 0 Å². The van der Waals surface area contributed by atoms with Gasteiger partial charge in [0.05, 0.1) is 0 Å². The lowest BCUT2D eigenvalue weighted by atomic mass is 9.95. The van der Waals surface area contributed by atoms with Crippen molar-refractivity contribution in [3.8, 4) is 0 Å². The standard InChI is InChI=1S/C20H23N3O2/c24-20(22-25)16-1-2-18-13-23(10-8-15(18)11-16)19-5-3-14(4-6-19)17-7-9-21-12-17/h1-6,11,17,21,25H,7-10,12-13H2,(H,22,24). The van der Waals surface area contributed by atoms with E-state index in [0.29, 0.717) is 11.5 Å². The van der Waals surface area contributed by atoms with E-state index in [1.54, 1.807) is 11.5 Å². The minimum absolute atomic E-state index is 0.456. The maximum atomic E-state index is 11.5. The predicted octanol–water partition coefficient (Wildman–Crippen LogP) is 2.45. The molecular formula is C20H23N3O2. The summed E-state index contributed by atoms with van der Waals surface area (Å²) in [5, 5.41) is 12.2. The first-order valence-electron chi connectivity index (χ1n) is 8.86. The van der Waals surface area contributed by atoms with E-state index in [-0.39, 0.29) is 0 Å². The smallest absolute Gasteiger partial charge is 0.274 e. The van der Waals surface area contributed by atoms with Crippen LogP contribution in [0.25, 0.3) is 0 Å². The number of nitrogens with zero attached hydrogens (tertiary/aromatic N) is 1. The fourth-order valence-corrected chi connectivity index (χ4v) is 3.88. The number of rotatable bonds is 3. The number of amides is 1. The summed E-state index contributed by atoms with van der Waals surface area (Å²) in [6.07, 6.45) is 2.12. The van der Waals surface area contributed by atoms with Crippen molar-refractivity contribution in [1.29, 1.82) is 0 Å². The van der Waals surface area contributed by atoms with Gasteiger partial charge in [0.15, 0.2) is 0 Å². The van der Waals surface area contributed by atoms with E-state index in [2.05, 4.69) is 34.5 Å². The zero-order valence-corrected chi connectivity index (χ0v) is 14.2. The number of fused-ring (bicyclic) bond motifs is 1. The Bertz CT molecular complexity index is 767. The first-order valence-corrected chi connectivity index (χ1v) is 8.86. The minimum atomic E-state index is -0.456. The van der Waals surface area contributed by atoms with Gasteiger partial charge in [-0.05, 0) is 66.3 Å². The highest BCUT2D eigenvalue weighted by molar-refractivity contribution is 5.93. The van der Waals surface area contributed by atoms with Gasteiger partial charge in [0.1, 0.15) is 0 Å². The molecule has 1 unspecified atom stereocenters. The second kappa shape index (κ2) is 6.86. The number of benzene rings is 2. The van der Waals surface area contributed by atoms with Crippen molar-refractivity contribution in [2.45, 2.75) is 25.3 Å². The van der Waals surface area contributed by atoms with Crippen LogP contribution in [0.3, 0.4) is 0 Å². The summed E-state index contributed by atoms with van der Waals surface area (Å²) in [5.41, 5.74) is 7.30. The molecule has 5 heteroatoms. The number of hydrogen-bond donors (Lipinski definition) is 3. The van der Waals surface area contributed by atoms with Crippen LogP contribution in [0, 0.1) is 0 Å². The van der Waals surface area contributed by atoms with Crippen molar-refractivity contribution < 1.29 is 10.0 Å². The number of hydrogen-bond acceptors (Lipinski definition) is 4. The number of hydroxylamine groups is 1. The van der Waals surface area contributed by atoms with Crippen molar-refractivity contribution >= 4 is 11.6 Å². The monoisotopic (exact) mass is 337 g/mol. The Kier molecular flexibility index (Phi) is 4.42. The molecule has 2 aromatic carbocycles. The van der Waals surface area contributed by atoms with Gasteiger partial charge in [0.2, 0.25) is 0 Å². The molecule has 0 aliphatic carbocycles. The van der Waals surface area contributed by atoms with Gasteiger partial charge in [-0.2, -0.15) is 0 Å². The van der Waals surface area contributed by atoms with Crippen LogP contribution in [0.4, 0.5) is 5.69 Å². The maximum absolute atomic E-state index is 11.5. The third kappa shape index (κ3) is 3.25. The van der Waals surface area contributed by atoms with Crippen LogP contribution in [-0.2, 0) is 13.0 Å². The summed E-state index contributed by atoms with van der Waals surface area (Å²) in [5.74, 6) is 0.189. The second-order valence-corrected chi connectivity index (χ2v) is 6.88. The molecule has 3 N–H and O–H groups in total.